The molecular formula is C12H15N3O. The summed E-state index contributed by atoms with van der Waals surface area (Å²) >= 11 is 0. The monoisotopic (exact) mass is 217 g/mol. The first kappa shape index (κ1) is 10.7. The molecular weight excluding hydrogens is 202 g/mol. The number of fused-ring (bicyclic) bond motifs is 1. The Kier molecular flexibility index (Phi) is 2.90. The Morgan fingerprint density at radius 2 is 2.25 bits per heavy atom. The Morgan fingerprint density at radius 3 is 3.00 bits per heavy atom. The van der Waals surface area contributed by atoms with Crippen LogP contribution in [0.1, 0.15) is 13.3 Å². The summed E-state index contributed by atoms with van der Waals surface area (Å²) in [7, 11) is 1.71. The van der Waals surface area contributed by atoms with E-state index in [0.717, 1.165) is 24.2 Å². The summed E-state index contributed by atoms with van der Waals surface area (Å²) in [6, 6.07) is 5.65. The average Bonchev–Trinajstić information content (AvgIpc) is 2.31. The fourth-order valence-electron chi connectivity index (χ4n) is 1.59. The van der Waals surface area contributed by atoms with E-state index in [4.69, 9.17) is 0 Å². The van der Waals surface area contributed by atoms with Crippen LogP contribution in [-0.2, 0) is 7.05 Å². The van der Waals surface area contributed by atoms with Gasteiger partial charge in [0.05, 0.1) is 17.2 Å². The van der Waals surface area contributed by atoms with E-state index >= 15 is 0 Å². The number of nitrogens with one attached hydrogen (secondary N) is 1. The molecule has 0 amide bonds. The van der Waals surface area contributed by atoms with Gasteiger partial charge in [-0.15, -0.1) is 0 Å². The number of hydrogen-bond acceptors (Lipinski definition) is 3. The van der Waals surface area contributed by atoms with E-state index in [1.165, 1.54) is 4.57 Å². The van der Waals surface area contributed by atoms with Gasteiger partial charge in [0.1, 0.15) is 0 Å². The van der Waals surface area contributed by atoms with Crippen LogP contribution in [0.4, 0.5) is 5.69 Å². The van der Waals surface area contributed by atoms with Crippen LogP contribution in [0.3, 0.4) is 0 Å². The molecule has 0 fully saturated rings. The van der Waals surface area contributed by atoms with Gasteiger partial charge in [0.15, 0.2) is 0 Å². The predicted molar refractivity (Wildman–Crippen MR) is 65.8 cm³/mol. The van der Waals surface area contributed by atoms with Crippen molar-refractivity contribution in [3.8, 4) is 0 Å². The lowest BCUT2D eigenvalue weighted by molar-refractivity contribution is 0.843. The van der Waals surface area contributed by atoms with Gasteiger partial charge in [-0.3, -0.25) is 4.79 Å². The highest BCUT2D eigenvalue weighted by Crippen LogP contribution is 2.13. The Bertz CT molecular complexity index is 560. The van der Waals surface area contributed by atoms with Gasteiger partial charge in [0.25, 0.3) is 5.56 Å². The van der Waals surface area contributed by atoms with E-state index in [1.54, 1.807) is 13.4 Å². The number of rotatable bonds is 3. The molecule has 0 saturated heterocycles. The summed E-state index contributed by atoms with van der Waals surface area (Å²) in [6.45, 7) is 3.04. The summed E-state index contributed by atoms with van der Waals surface area (Å²) < 4.78 is 1.49. The van der Waals surface area contributed by atoms with Crippen LogP contribution in [0.25, 0.3) is 10.9 Å². The van der Waals surface area contributed by atoms with Gasteiger partial charge in [-0.25, -0.2) is 4.98 Å². The summed E-state index contributed by atoms with van der Waals surface area (Å²) in [5, 5.41) is 3.93. The molecule has 2 aromatic rings. The maximum Gasteiger partial charge on any atom is 0.260 e. The zero-order valence-electron chi connectivity index (χ0n) is 9.53. The first-order valence-corrected chi connectivity index (χ1v) is 5.41. The zero-order chi connectivity index (χ0) is 11.5. The largest absolute Gasteiger partial charge is 0.385 e. The van der Waals surface area contributed by atoms with Crippen molar-refractivity contribution in [1.82, 2.24) is 9.55 Å². The fraction of sp³-hybridized carbons (Fsp3) is 0.333. The minimum absolute atomic E-state index is 0.00737. The minimum atomic E-state index is -0.00737. The van der Waals surface area contributed by atoms with Crippen LogP contribution < -0.4 is 10.9 Å². The van der Waals surface area contributed by atoms with Gasteiger partial charge in [0, 0.05) is 19.3 Å². The van der Waals surface area contributed by atoms with E-state index in [2.05, 4.69) is 17.2 Å². The van der Waals surface area contributed by atoms with Crippen molar-refractivity contribution in [3.05, 3.63) is 34.9 Å². The quantitative estimate of drug-likeness (QED) is 0.852. The number of aryl methyl sites for hydroxylation is 1. The highest BCUT2D eigenvalue weighted by molar-refractivity contribution is 5.81. The summed E-state index contributed by atoms with van der Waals surface area (Å²) in [6.07, 6.45) is 2.62. The van der Waals surface area contributed by atoms with E-state index in [-0.39, 0.29) is 5.56 Å². The van der Waals surface area contributed by atoms with Crippen molar-refractivity contribution in [2.24, 2.45) is 7.05 Å². The summed E-state index contributed by atoms with van der Waals surface area (Å²) in [5.41, 5.74) is 1.74. The van der Waals surface area contributed by atoms with Crippen LogP contribution in [0.2, 0.25) is 0 Å². The van der Waals surface area contributed by atoms with Gasteiger partial charge < -0.3 is 9.88 Å². The lowest BCUT2D eigenvalue weighted by Gasteiger charge is -2.06. The molecule has 0 aliphatic rings. The maximum atomic E-state index is 11.8. The van der Waals surface area contributed by atoms with Crippen LogP contribution in [0.5, 0.6) is 0 Å². The summed E-state index contributed by atoms with van der Waals surface area (Å²) in [5.74, 6) is 0. The van der Waals surface area contributed by atoms with E-state index in [0.29, 0.717) is 5.39 Å². The lowest BCUT2D eigenvalue weighted by Crippen LogP contribution is -2.16. The van der Waals surface area contributed by atoms with Crippen molar-refractivity contribution < 1.29 is 0 Å². The van der Waals surface area contributed by atoms with Gasteiger partial charge >= 0.3 is 0 Å². The SMILES string of the molecule is CCCNc1ccc2c(=O)n(C)cnc2c1. The second-order valence-corrected chi connectivity index (χ2v) is 3.82. The molecule has 84 valence electrons. The van der Waals surface area contributed by atoms with Crippen molar-refractivity contribution in [1.29, 1.82) is 0 Å². The highest BCUT2D eigenvalue weighted by atomic mass is 16.1. The third kappa shape index (κ3) is 1.91. The van der Waals surface area contributed by atoms with E-state index in [1.807, 2.05) is 18.2 Å². The molecule has 1 heterocycles. The molecule has 0 aliphatic carbocycles. The number of benzene rings is 1. The predicted octanol–water partition coefficient (Wildman–Crippen LogP) is 1.76. The molecule has 0 radical (unpaired) electrons. The smallest absolute Gasteiger partial charge is 0.260 e. The number of hydrogen-bond donors (Lipinski definition) is 1. The minimum Gasteiger partial charge on any atom is -0.385 e. The Balaban J connectivity index is 2.48. The number of anilines is 1. The Labute approximate surface area is 93.9 Å². The second kappa shape index (κ2) is 4.35. The van der Waals surface area contributed by atoms with Crippen LogP contribution in [-0.4, -0.2) is 16.1 Å². The van der Waals surface area contributed by atoms with E-state index in [9.17, 15) is 4.79 Å². The highest BCUT2D eigenvalue weighted by Gasteiger charge is 2.02. The molecule has 0 saturated carbocycles. The van der Waals surface area contributed by atoms with Crippen LogP contribution in [0.15, 0.2) is 29.3 Å². The molecule has 1 aromatic carbocycles. The molecule has 4 heteroatoms. The third-order valence-electron chi connectivity index (χ3n) is 2.50. The molecule has 0 atom stereocenters. The van der Waals surface area contributed by atoms with E-state index < -0.39 is 0 Å². The topological polar surface area (TPSA) is 46.9 Å². The molecule has 0 bridgehead atoms. The number of aromatic nitrogens is 2. The Hall–Kier alpha value is -1.84. The van der Waals surface area contributed by atoms with Gasteiger partial charge in [-0.2, -0.15) is 0 Å². The zero-order valence-corrected chi connectivity index (χ0v) is 9.53. The first-order valence-electron chi connectivity index (χ1n) is 5.41. The standard InChI is InChI=1S/C12H15N3O/c1-3-6-13-9-4-5-10-11(7-9)14-8-15(2)12(10)16/h4-5,7-8,13H,3,6H2,1-2H3. The molecule has 16 heavy (non-hydrogen) atoms. The molecule has 4 nitrogen and oxygen atoms in total. The van der Waals surface area contributed by atoms with Crippen molar-refractivity contribution in [2.75, 3.05) is 11.9 Å². The molecule has 1 aromatic heterocycles. The van der Waals surface area contributed by atoms with Gasteiger partial charge in [-0.05, 0) is 24.6 Å². The first-order chi connectivity index (χ1) is 7.72. The molecule has 1 N–H and O–H groups in total. The Morgan fingerprint density at radius 1 is 1.44 bits per heavy atom. The summed E-state index contributed by atoms with van der Waals surface area (Å²) in [4.78, 5) is 16.0. The number of nitrogens with zero attached hydrogens (tertiary/aromatic N) is 2. The van der Waals surface area contributed by atoms with Crippen molar-refractivity contribution >= 4 is 16.6 Å². The lowest BCUT2D eigenvalue weighted by atomic mass is 10.2. The molecule has 0 spiro atoms. The van der Waals surface area contributed by atoms with Crippen LogP contribution >= 0.6 is 0 Å². The maximum absolute atomic E-state index is 11.8. The molecule has 2 rings (SSSR count). The molecule has 0 unspecified atom stereocenters. The van der Waals surface area contributed by atoms with Crippen molar-refractivity contribution in [3.63, 3.8) is 0 Å². The fourth-order valence-corrected chi connectivity index (χ4v) is 1.59. The molecule has 0 aliphatic heterocycles. The second-order valence-electron chi connectivity index (χ2n) is 3.82. The van der Waals surface area contributed by atoms with Crippen molar-refractivity contribution in [2.45, 2.75) is 13.3 Å². The normalized spacial score (nSPS) is 10.6. The van der Waals surface area contributed by atoms with Gasteiger partial charge in [0.2, 0.25) is 0 Å². The third-order valence-corrected chi connectivity index (χ3v) is 2.50. The van der Waals surface area contributed by atoms with Gasteiger partial charge in [-0.1, -0.05) is 6.92 Å². The van der Waals surface area contributed by atoms with Crippen LogP contribution in [0, 0.1) is 0 Å². The average molecular weight is 217 g/mol.